The summed E-state index contributed by atoms with van der Waals surface area (Å²) >= 11 is 0. The van der Waals surface area contributed by atoms with E-state index in [1.807, 2.05) is 18.0 Å². The van der Waals surface area contributed by atoms with E-state index in [0.29, 0.717) is 32.0 Å². The minimum Gasteiger partial charge on any atom is -0.347 e. The van der Waals surface area contributed by atoms with Crippen molar-refractivity contribution in [3.63, 3.8) is 0 Å². The number of ether oxygens (including phenoxy) is 2. The summed E-state index contributed by atoms with van der Waals surface area (Å²) in [5, 5.41) is 4.56. The normalized spacial score (nSPS) is 19.3. The first-order valence-electron chi connectivity index (χ1n) is 9.16. The molecule has 1 aromatic carbocycles. The van der Waals surface area contributed by atoms with Crippen molar-refractivity contribution >= 4 is 5.91 Å². The maximum absolute atomic E-state index is 13.0. The molecule has 0 bridgehead atoms. The van der Waals surface area contributed by atoms with E-state index in [-0.39, 0.29) is 5.91 Å². The zero-order valence-corrected chi connectivity index (χ0v) is 15.6. The Labute approximate surface area is 153 Å². The van der Waals surface area contributed by atoms with Gasteiger partial charge < -0.3 is 14.4 Å². The van der Waals surface area contributed by atoms with Crippen LogP contribution in [0.2, 0.25) is 0 Å². The monoisotopic (exact) mass is 355 g/mol. The third-order valence-corrected chi connectivity index (χ3v) is 5.53. The minimum atomic E-state index is -0.464. The lowest BCUT2D eigenvalue weighted by Gasteiger charge is -2.37. The van der Waals surface area contributed by atoms with Gasteiger partial charge in [-0.05, 0) is 37.1 Å². The number of rotatable bonds is 2. The summed E-state index contributed by atoms with van der Waals surface area (Å²) in [6, 6.07) is 8.15. The Bertz CT molecular complexity index is 827. The molecule has 0 aliphatic carbocycles. The Morgan fingerprint density at radius 1 is 1.08 bits per heavy atom. The fraction of sp³-hybridized carbons (Fsp3) is 0.500. The Balaban J connectivity index is 1.52. The van der Waals surface area contributed by atoms with Crippen LogP contribution >= 0.6 is 0 Å². The highest BCUT2D eigenvalue weighted by molar-refractivity contribution is 5.93. The number of carbonyl (C=O) groups excluding carboxylic acids is 1. The Morgan fingerprint density at radius 3 is 2.42 bits per heavy atom. The minimum absolute atomic E-state index is 0.0166. The molecule has 2 aliphatic rings. The second kappa shape index (κ2) is 6.52. The van der Waals surface area contributed by atoms with Crippen LogP contribution in [0.3, 0.4) is 0 Å². The van der Waals surface area contributed by atoms with Crippen molar-refractivity contribution in [3.8, 4) is 11.3 Å². The Hall–Kier alpha value is -2.18. The molecule has 138 valence electrons. The van der Waals surface area contributed by atoms with Crippen LogP contribution in [-0.2, 0) is 16.5 Å². The van der Waals surface area contributed by atoms with E-state index in [1.165, 1.54) is 11.1 Å². The molecule has 0 atom stereocenters. The largest absolute Gasteiger partial charge is 0.347 e. The first-order chi connectivity index (χ1) is 12.5. The van der Waals surface area contributed by atoms with Crippen molar-refractivity contribution in [3.05, 3.63) is 41.1 Å². The fourth-order valence-electron chi connectivity index (χ4n) is 3.71. The predicted octanol–water partition coefficient (Wildman–Crippen LogP) is 2.68. The van der Waals surface area contributed by atoms with Crippen LogP contribution in [0.15, 0.2) is 24.3 Å². The van der Waals surface area contributed by atoms with E-state index in [1.54, 1.807) is 4.68 Å². The second-order valence-corrected chi connectivity index (χ2v) is 7.24. The third-order valence-electron chi connectivity index (χ3n) is 5.53. The molecule has 0 saturated carbocycles. The van der Waals surface area contributed by atoms with Gasteiger partial charge in [0.25, 0.3) is 5.91 Å². The number of likely N-dealkylation sites (tertiary alicyclic amines) is 1. The van der Waals surface area contributed by atoms with E-state index in [4.69, 9.17) is 9.47 Å². The molecule has 4 rings (SSSR count). The summed E-state index contributed by atoms with van der Waals surface area (Å²) < 4.78 is 13.2. The second-order valence-electron chi connectivity index (χ2n) is 7.24. The zero-order valence-electron chi connectivity index (χ0n) is 15.6. The van der Waals surface area contributed by atoms with Gasteiger partial charge in [0.05, 0.1) is 18.9 Å². The highest BCUT2D eigenvalue weighted by Gasteiger charge is 2.41. The first-order valence-corrected chi connectivity index (χ1v) is 9.16. The summed E-state index contributed by atoms with van der Waals surface area (Å²) in [6.45, 7) is 6.76. The van der Waals surface area contributed by atoms with Gasteiger partial charge in [0, 0.05) is 38.5 Å². The van der Waals surface area contributed by atoms with Crippen LogP contribution in [0, 0.1) is 13.8 Å². The van der Waals surface area contributed by atoms with Gasteiger partial charge in [0.1, 0.15) is 5.69 Å². The lowest BCUT2D eigenvalue weighted by Crippen LogP contribution is -2.47. The molecular weight excluding hydrogens is 330 g/mol. The number of nitrogens with zero attached hydrogens (tertiary/aromatic N) is 3. The van der Waals surface area contributed by atoms with E-state index >= 15 is 0 Å². The number of carbonyl (C=O) groups is 1. The van der Waals surface area contributed by atoms with Gasteiger partial charge in [-0.25, -0.2) is 0 Å². The molecule has 0 unspecified atom stereocenters. The average molecular weight is 355 g/mol. The molecule has 0 N–H and O–H groups in total. The van der Waals surface area contributed by atoms with Gasteiger partial charge in [0.2, 0.25) is 0 Å². The first kappa shape index (κ1) is 17.2. The highest BCUT2D eigenvalue weighted by atomic mass is 16.7. The molecule has 3 heterocycles. The Morgan fingerprint density at radius 2 is 1.77 bits per heavy atom. The van der Waals surface area contributed by atoms with Crippen molar-refractivity contribution in [2.24, 2.45) is 7.05 Å². The summed E-state index contributed by atoms with van der Waals surface area (Å²) in [5.41, 5.74) is 4.95. The number of hydrogen-bond acceptors (Lipinski definition) is 4. The van der Waals surface area contributed by atoms with Crippen LogP contribution in [0.4, 0.5) is 0 Å². The van der Waals surface area contributed by atoms with Crippen LogP contribution in [0.5, 0.6) is 0 Å². The summed E-state index contributed by atoms with van der Waals surface area (Å²) in [4.78, 5) is 14.8. The molecule has 1 spiro atoms. The van der Waals surface area contributed by atoms with Crippen molar-refractivity contribution in [2.45, 2.75) is 32.5 Å². The van der Waals surface area contributed by atoms with Crippen LogP contribution < -0.4 is 0 Å². The number of aryl methyl sites for hydroxylation is 3. The van der Waals surface area contributed by atoms with Crippen LogP contribution in [-0.4, -0.2) is 52.7 Å². The number of piperidine rings is 1. The number of benzene rings is 1. The van der Waals surface area contributed by atoms with Crippen LogP contribution in [0.1, 0.15) is 34.5 Å². The molecule has 6 heteroatoms. The molecule has 1 amide bonds. The maximum Gasteiger partial charge on any atom is 0.272 e. The van der Waals surface area contributed by atoms with Gasteiger partial charge >= 0.3 is 0 Å². The van der Waals surface area contributed by atoms with E-state index in [9.17, 15) is 4.79 Å². The van der Waals surface area contributed by atoms with Crippen molar-refractivity contribution in [1.82, 2.24) is 14.7 Å². The molecule has 2 aromatic rings. The molecule has 2 saturated heterocycles. The average Bonchev–Trinajstić information content (AvgIpc) is 3.24. The summed E-state index contributed by atoms with van der Waals surface area (Å²) in [5.74, 6) is -0.448. The quantitative estimate of drug-likeness (QED) is 0.831. The van der Waals surface area contributed by atoms with Crippen molar-refractivity contribution in [1.29, 1.82) is 0 Å². The van der Waals surface area contributed by atoms with Crippen LogP contribution in [0.25, 0.3) is 11.3 Å². The maximum atomic E-state index is 13.0. The summed E-state index contributed by atoms with van der Waals surface area (Å²) in [7, 11) is 1.83. The number of aromatic nitrogens is 2. The molecule has 2 fully saturated rings. The molecule has 1 aromatic heterocycles. The number of hydrogen-bond donors (Lipinski definition) is 0. The predicted molar refractivity (Wildman–Crippen MR) is 97.9 cm³/mol. The highest BCUT2D eigenvalue weighted by Crippen LogP contribution is 2.32. The summed E-state index contributed by atoms with van der Waals surface area (Å²) in [6.07, 6.45) is 1.45. The smallest absolute Gasteiger partial charge is 0.272 e. The SMILES string of the molecule is Cc1ccc(-c2cc(C(=O)N3CCC4(CC3)OCCO4)n(C)n2)cc1C. The number of amides is 1. The fourth-order valence-corrected chi connectivity index (χ4v) is 3.71. The van der Waals surface area contributed by atoms with Gasteiger partial charge in [-0.2, -0.15) is 5.10 Å². The Kier molecular flexibility index (Phi) is 4.32. The lowest BCUT2D eigenvalue weighted by atomic mass is 10.0. The third kappa shape index (κ3) is 3.04. The van der Waals surface area contributed by atoms with Gasteiger partial charge in [-0.3, -0.25) is 9.48 Å². The molecule has 2 aliphatic heterocycles. The van der Waals surface area contributed by atoms with E-state index < -0.39 is 5.79 Å². The van der Waals surface area contributed by atoms with E-state index in [0.717, 1.165) is 24.1 Å². The van der Waals surface area contributed by atoms with E-state index in [2.05, 4.69) is 37.1 Å². The molecular formula is C20H25N3O3. The molecule has 26 heavy (non-hydrogen) atoms. The van der Waals surface area contributed by atoms with Gasteiger partial charge in [-0.15, -0.1) is 0 Å². The zero-order chi connectivity index (χ0) is 18.3. The topological polar surface area (TPSA) is 56.6 Å². The van der Waals surface area contributed by atoms with Gasteiger partial charge in [-0.1, -0.05) is 12.1 Å². The van der Waals surface area contributed by atoms with Gasteiger partial charge in [0.15, 0.2) is 5.79 Å². The standard InChI is InChI=1S/C20H25N3O3/c1-14-4-5-16(12-15(14)2)17-13-18(22(3)21-17)19(24)23-8-6-20(7-9-23)25-10-11-26-20/h4-5,12-13H,6-11H2,1-3H3. The molecule has 6 nitrogen and oxygen atoms in total. The molecule has 0 radical (unpaired) electrons. The van der Waals surface area contributed by atoms with Crippen molar-refractivity contribution < 1.29 is 14.3 Å². The lowest BCUT2D eigenvalue weighted by molar-refractivity contribution is -0.181. The van der Waals surface area contributed by atoms with Crippen molar-refractivity contribution in [2.75, 3.05) is 26.3 Å².